The smallest absolute Gasteiger partial charge is 0.0911 e. The zero-order chi connectivity index (χ0) is 25.9. The largest absolute Gasteiger partial charge is 0.247 e. The van der Waals surface area contributed by atoms with Gasteiger partial charge in [-0.05, 0) is 81.2 Å². The van der Waals surface area contributed by atoms with Crippen LogP contribution in [0.2, 0.25) is 0 Å². The van der Waals surface area contributed by atoms with E-state index in [0.29, 0.717) is 0 Å². The van der Waals surface area contributed by atoms with Crippen LogP contribution in [0.1, 0.15) is 0 Å². The van der Waals surface area contributed by atoms with Crippen molar-refractivity contribution in [2.45, 2.75) is 39.2 Å². The Morgan fingerprint density at radius 1 is 0.300 bits per heavy atom. The molecule has 10 rings (SSSR count). The molecule has 0 saturated carbocycles. The number of rotatable bonds is 0. The average Bonchev–Trinajstić information content (AvgIpc) is 3.00. The minimum atomic E-state index is 0.259. The Bertz CT molecular complexity index is 1920. The maximum absolute atomic E-state index is 2.43. The fraction of sp³-hybridized carbons (Fsp3) is 0. The van der Waals surface area contributed by atoms with Gasteiger partial charge in [-0.25, -0.2) is 0 Å². The average molecular weight is 576 g/mol. The van der Waals surface area contributed by atoms with Crippen molar-refractivity contribution in [2.24, 2.45) is 0 Å². The van der Waals surface area contributed by atoms with Gasteiger partial charge in [0.15, 0.2) is 0 Å². The summed E-state index contributed by atoms with van der Waals surface area (Å²) in [6.45, 7) is 0.518. The quantitative estimate of drug-likeness (QED) is 0.212. The van der Waals surface area contributed by atoms with Crippen LogP contribution in [0.5, 0.6) is 0 Å². The molecule has 0 saturated heterocycles. The van der Waals surface area contributed by atoms with E-state index in [1.165, 1.54) is 82.7 Å². The van der Waals surface area contributed by atoms with E-state index < -0.39 is 0 Å². The molecule has 0 spiro atoms. The van der Waals surface area contributed by atoms with E-state index in [1.54, 1.807) is 0 Å². The third-order valence-electron chi connectivity index (χ3n) is 8.75. The Morgan fingerprint density at radius 3 is 1.10 bits per heavy atom. The first kappa shape index (κ1) is 22.8. The Hall–Kier alpha value is -2.89. The first-order chi connectivity index (χ1) is 19.8. The summed E-state index contributed by atoms with van der Waals surface area (Å²) >= 11 is 7.77. The molecule has 0 fully saturated rings. The van der Waals surface area contributed by atoms with Crippen molar-refractivity contribution >= 4 is 104 Å². The van der Waals surface area contributed by atoms with Gasteiger partial charge in [-0.3, -0.25) is 0 Å². The van der Waals surface area contributed by atoms with Gasteiger partial charge in [0, 0.05) is 39.2 Å². The van der Waals surface area contributed by atoms with Crippen LogP contribution in [-0.4, -0.2) is 13.4 Å². The van der Waals surface area contributed by atoms with Gasteiger partial charge in [0.2, 0.25) is 13.4 Å². The molecule has 0 N–H and O–H groups in total. The molecule has 0 radical (unpaired) electrons. The standard InChI is InChI=1S/C34H18B2S4/c1-3-9-23-21(7-1)35-31-19-15-18-30-32(20(19)16-17-29(31)39-27-13-5-11-25(37-23)33(27)35)36-22-8-2-4-10-24(22)38-26-12-6-14-28(40-30)34(26)36/h1-18H. The molecule has 6 aromatic rings. The molecule has 40 heavy (non-hydrogen) atoms. The van der Waals surface area contributed by atoms with Crippen LogP contribution in [0.15, 0.2) is 148 Å². The van der Waals surface area contributed by atoms with Crippen LogP contribution < -0.4 is 32.8 Å². The fourth-order valence-corrected chi connectivity index (χ4v) is 12.0. The Balaban J connectivity index is 1.29. The molecule has 0 amide bonds. The maximum atomic E-state index is 2.43. The molecular weight excluding hydrogens is 558 g/mol. The van der Waals surface area contributed by atoms with E-state index >= 15 is 0 Å². The van der Waals surface area contributed by atoms with Gasteiger partial charge in [0.25, 0.3) is 0 Å². The molecule has 0 aliphatic carbocycles. The van der Waals surface area contributed by atoms with E-state index in [0.717, 1.165) is 0 Å². The highest BCUT2D eigenvalue weighted by atomic mass is 32.2. The fourth-order valence-electron chi connectivity index (χ4n) is 7.17. The highest BCUT2D eigenvalue weighted by Crippen LogP contribution is 2.42. The van der Waals surface area contributed by atoms with Crippen LogP contribution in [0.25, 0.3) is 10.8 Å². The summed E-state index contributed by atoms with van der Waals surface area (Å²) in [5.41, 5.74) is 8.85. The van der Waals surface area contributed by atoms with Gasteiger partial charge < -0.3 is 0 Å². The zero-order valence-corrected chi connectivity index (χ0v) is 24.4. The molecule has 6 aromatic carbocycles. The first-order valence-electron chi connectivity index (χ1n) is 13.6. The van der Waals surface area contributed by atoms with Crippen molar-refractivity contribution in [3.05, 3.63) is 109 Å². The highest BCUT2D eigenvalue weighted by molar-refractivity contribution is 8.02. The highest BCUT2D eigenvalue weighted by Gasteiger charge is 2.42. The van der Waals surface area contributed by atoms with E-state index in [9.17, 15) is 0 Å². The summed E-state index contributed by atoms with van der Waals surface area (Å²) in [5, 5.41) is 2.82. The molecule has 184 valence electrons. The zero-order valence-electron chi connectivity index (χ0n) is 21.2. The van der Waals surface area contributed by atoms with Crippen LogP contribution >= 0.6 is 47.0 Å². The van der Waals surface area contributed by atoms with Crippen molar-refractivity contribution in [3.63, 3.8) is 0 Å². The first-order valence-corrected chi connectivity index (χ1v) is 16.8. The monoisotopic (exact) mass is 576 g/mol. The summed E-state index contributed by atoms with van der Waals surface area (Å²) in [6, 6.07) is 41.5. The topological polar surface area (TPSA) is 0 Å². The van der Waals surface area contributed by atoms with Crippen molar-refractivity contribution in [3.8, 4) is 0 Å². The van der Waals surface area contributed by atoms with Crippen molar-refractivity contribution in [1.82, 2.24) is 0 Å². The van der Waals surface area contributed by atoms with Crippen molar-refractivity contribution in [1.29, 1.82) is 0 Å². The molecule has 4 heterocycles. The van der Waals surface area contributed by atoms with E-state index in [2.05, 4.69) is 109 Å². The van der Waals surface area contributed by atoms with E-state index in [-0.39, 0.29) is 13.4 Å². The third-order valence-corrected chi connectivity index (χ3v) is 13.4. The van der Waals surface area contributed by atoms with E-state index in [1.807, 2.05) is 47.0 Å². The van der Waals surface area contributed by atoms with Crippen molar-refractivity contribution < 1.29 is 0 Å². The van der Waals surface area contributed by atoms with E-state index in [4.69, 9.17) is 0 Å². The lowest BCUT2D eigenvalue weighted by Crippen LogP contribution is -2.59. The van der Waals surface area contributed by atoms with Gasteiger partial charge in [0.1, 0.15) is 0 Å². The molecule has 6 heteroatoms. The van der Waals surface area contributed by atoms with Crippen LogP contribution in [-0.2, 0) is 0 Å². The summed E-state index contributed by atoms with van der Waals surface area (Å²) in [7, 11) is 0. The van der Waals surface area contributed by atoms with Crippen LogP contribution in [0, 0.1) is 0 Å². The molecule has 0 atom stereocenters. The molecule has 4 aliphatic rings. The molecule has 0 nitrogen and oxygen atoms in total. The summed E-state index contributed by atoms with van der Waals surface area (Å²) < 4.78 is 0. The summed E-state index contributed by atoms with van der Waals surface area (Å²) in [4.78, 5) is 11.2. The minimum Gasteiger partial charge on any atom is -0.0911 e. The van der Waals surface area contributed by atoms with Crippen LogP contribution in [0.4, 0.5) is 0 Å². The lowest BCUT2D eigenvalue weighted by molar-refractivity contribution is 1.33. The second-order valence-electron chi connectivity index (χ2n) is 10.7. The molecule has 0 unspecified atom stereocenters. The van der Waals surface area contributed by atoms with Crippen LogP contribution in [0.3, 0.4) is 0 Å². The maximum Gasteiger partial charge on any atom is 0.247 e. The second kappa shape index (κ2) is 8.33. The van der Waals surface area contributed by atoms with Gasteiger partial charge in [0.05, 0.1) is 0 Å². The van der Waals surface area contributed by atoms with Gasteiger partial charge in [-0.1, -0.05) is 119 Å². The van der Waals surface area contributed by atoms with Gasteiger partial charge in [-0.2, -0.15) is 0 Å². The Morgan fingerprint density at radius 2 is 0.650 bits per heavy atom. The molecule has 0 bridgehead atoms. The number of benzene rings is 6. The Kier molecular flexibility index (Phi) is 4.74. The van der Waals surface area contributed by atoms with Gasteiger partial charge in [-0.15, -0.1) is 0 Å². The second-order valence-corrected chi connectivity index (χ2v) is 15.1. The lowest BCUT2D eigenvalue weighted by Gasteiger charge is -2.36. The predicted molar refractivity (Wildman–Crippen MR) is 176 cm³/mol. The van der Waals surface area contributed by atoms with Crippen molar-refractivity contribution in [2.75, 3.05) is 0 Å². The number of hydrogen-bond acceptors (Lipinski definition) is 4. The SMILES string of the molecule is c1ccc2c(c1)Sc1cccc3c1B2c1c(ccc2c4c(ccc12)Sc1cccc2c1B4c1ccccc1S2)S3. The summed E-state index contributed by atoms with van der Waals surface area (Å²) in [6.07, 6.45) is 0. The normalized spacial score (nSPS) is 15.0. The molecular formula is C34H18B2S4. The Labute approximate surface area is 250 Å². The molecule has 0 aromatic heterocycles. The number of hydrogen-bond donors (Lipinski definition) is 0. The number of fused-ring (bicyclic) bond motifs is 11. The third kappa shape index (κ3) is 2.98. The lowest BCUT2D eigenvalue weighted by atomic mass is 9.34. The minimum absolute atomic E-state index is 0.259. The molecule has 4 aliphatic heterocycles. The summed E-state index contributed by atoms with van der Waals surface area (Å²) in [5.74, 6) is 0. The predicted octanol–water partition coefficient (Wildman–Crippen LogP) is 5.73. The van der Waals surface area contributed by atoms with Gasteiger partial charge >= 0.3 is 0 Å².